The van der Waals surface area contributed by atoms with Gasteiger partial charge >= 0.3 is 0 Å². The van der Waals surface area contributed by atoms with Crippen molar-refractivity contribution in [1.29, 1.82) is 0 Å². The molecule has 1 aromatic heterocycles. The number of hydrogen-bond donors (Lipinski definition) is 1. The van der Waals surface area contributed by atoms with E-state index in [4.69, 9.17) is 0 Å². The van der Waals surface area contributed by atoms with E-state index in [0.29, 0.717) is 5.56 Å². The minimum atomic E-state index is -0.439. The Kier molecular flexibility index (Phi) is 3.29. The fourth-order valence-electron chi connectivity index (χ4n) is 2.06. The number of nitrogens with one attached hydrogen (secondary N) is 1. The van der Waals surface area contributed by atoms with E-state index in [0.717, 1.165) is 28.7 Å². The molecule has 0 aliphatic heterocycles. The number of anilines is 1. The number of aromatic nitrogens is 1. The summed E-state index contributed by atoms with van der Waals surface area (Å²) in [5, 5.41) is 4.08. The van der Waals surface area contributed by atoms with E-state index in [1.165, 1.54) is 6.07 Å². The van der Waals surface area contributed by atoms with Crippen LogP contribution in [0.4, 0.5) is 14.5 Å². The first-order chi connectivity index (χ1) is 9.72. The van der Waals surface area contributed by atoms with Crippen LogP contribution < -0.4 is 5.32 Å². The highest BCUT2D eigenvalue weighted by atomic mass is 19.1. The summed E-state index contributed by atoms with van der Waals surface area (Å²) in [5.41, 5.74) is 2.04. The summed E-state index contributed by atoms with van der Waals surface area (Å²) in [6, 6.07) is 12.9. The average molecular weight is 270 g/mol. The molecule has 0 aliphatic carbocycles. The Labute approximate surface area is 115 Å². The maximum Gasteiger partial charge on any atom is 0.128 e. The molecule has 0 unspecified atom stereocenters. The quantitative estimate of drug-likeness (QED) is 0.774. The van der Waals surface area contributed by atoms with Crippen molar-refractivity contribution in [2.45, 2.75) is 6.54 Å². The lowest BCUT2D eigenvalue weighted by atomic mass is 10.1. The van der Waals surface area contributed by atoms with Gasteiger partial charge in [-0.25, -0.2) is 8.78 Å². The second-order valence-electron chi connectivity index (χ2n) is 4.50. The molecule has 1 N–H and O–H groups in total. The van der Waals surface area contributed by atoms with Crippen LogP contribution in [-0.2, 0) is 6.54 Å². The molecule has 0 saturated heterocycles. The highest BCUT2D eigenvalue weighted by Gasteiger charge is 2.04. The summed E-state index contributed by atoms with van der Waals surface area (Å²) in [6.07, 6.45) is 1.73. The van der Waals surface area contributed by atoms with E-state index in [2.05, 4.69) is 10.3 Å². The predicted molar refractivity (Wildman–Crippen MR) is 75.4 cm³/mol. The van der Waals surface area contributed by atoms with Crippen LogP contribution in [0.2, 0.25) is 0 Å². The lowest BCUT2D eigenvalue weighted by molar-refractivity contribution is 0.587. The molecule has 4 heteroatoms. The Bertz CT molecular complexity index is 756. The molecule has 2 aromatic carbocycles. The molecule has 0 fully saturated rings. The molecule has 0 atom stereocenters. The van der Waals surface area contributed by atoms with Crippen molar-refractivity contribution in [3.05, 3.63) is 71.9 Å². The Balaban J connectivity index is 1.81. The monoisotopic (exact) mass is 270 g/mol. The molecule has 0 radical (unpaired) electrons. The molecule has 1 heterocycles. The largest absolute Gasteiger partial charge is 0.381 e. The topological polar surface area (TPSA) is 24.9 Å². The normalized spacial score (nSPS) is 10.7. The molecule has 0 saturated carbocycles. The average Bonchev–Trinajstić information content (AvgIpc) is 2.48. The van der Waals surface area contributed by atoms with E-state index < -0.39 is 11.6 Å². The lowest BCUT2D eigenvalue weighted by Crippen LogP contribution is -2.02. The Morgan fingerprint density at radius 2 is 1.90 bits per heavy atom. The molecule has 20 heavy (non-hydrogen) atoms. The van der Waals surface area contributed by atoms with Gasteiger partial charge in [-0.2, -0.15) is 0 Å². The van der Waals surface area contributed by atoms with E-state index in [1.807, 2.05) is 30.3 Å². The SMILES string of the molecule is Fc1ccc(F)c(CNc2ccc3ncccc3c2)c1. The van der Waals surface area contributed by atoms with Crippen LogP contribution >= 0.6 is 0 Å². The predicted octanol–water partition coefficient (Wildman–Crippen LogP) is 4.13. The summed E-state index contributed by atoms with van der Waals surface area (Å²) in [6.45, 7) is 0.232. The lowest BCUT2D eigenvalue weighted by Gasteiger charge is -2.08. The number of nitrogens with zero attached hydrogens (tertiary/aromatic N) is 1. The second kappa shape index (κ2) is 5.25. The molecule has 100 valence electrons. The van der Waals surface area contributed by atoms with Crippen molar-refractivity contribution in [3.8, 4) is 0 Å². The van der Waals surface area contributed by atoms with Gasteiger partial charge < -0.3 is 5.32 Å². The zero-order valence-electron chi connectivity index (χ0n) is 10.6. The third-order valence-corrected chi connectivity index (χ3v) is 3.09. The molecule has 3 rings (SSSR count). The number of fused-ring (bicyclic) bond motifs is 1. The van der Waals surface area contributed by atoms with Gasteiger partial charge in [0.25, 0.3) is 0 Å². The van der Waals surface area contributed by atoms with Gasteiger partial charge in [-0.3, -0.25) is 4.98 Å². The number of benzene rings is 2. The van der Waals surface area contributed by atoms with Crippen LogP contribution in [0.25, 0.3) is 10.9 Å². The standard InChI is InChI=1S/C16H12F2N2/c17-13-3-5-15(18)12(8-13)10-20-14-4-6-16-11(9-14)2-1-7-19-16/h1-9,20H,10H2. The van der Waals surface area contributed by atoms with E-state index in [1.54, 1.807) is 6.20 Å². The third kappa shape index (κ3) is 2.59. The summed E-state index contributed by atoms with van der Waals surface area (Å²) < 4.78 is 26.6. The summed E-state index contributed by atoms with van der Waals surface area (Å²) in [4.78, 5) is 4.23. The maximum atomic E-state index is 13.5. The zero-order valence-corrected chi connectivity index (χ0v) is 10.6. The highest BCUT2D eigenvalue weighted by Crippen LogP contribution is 2.18. The van der Waals surface area contributed by atoms with Crippen LogP contribution in [0.1, 0.15) is 5.56 Å². The summed E-state index contributed by atoms with van der Waals surface area (Å²) in [5.74, 6) is -0.854. The molecular formula is C16H12F2N2. The smallest absolute Gasteiger partial charge is 0.128 e. The summed E-state index contributed by atoms with van der Waals surface area (Å²) in [7, 11) is 0. The fraction of sp³-hybridized carbons (Fsp3) is 0.0625. The molecule has 0 aliphatic rings. The first kappa shape index (κ1) is 12.5. The maximum absolute atomic E-state index is 13.5. The molecule has 0 amide bonds. The number of pyridine rings is 1. The van der Waals surface area contributed by atoms with Crippen LogP contribution in [0.15, 0.2) is 54.7 Å². The first-order valence-electron chi connectivity index (χ1n) is 6.25. The molecule has 3 aromatic rings. The molecule has 0 spiro atoms. The van der Waals surface area contributed by atoms with Crippen LogP contribution in [0.5, 0.6) is 0 Å². The fourth-order valence-corrected chi connectivity index (χ4v) is 2.06. The van der Waals surface area contributed by atoms with Crippen molar-refractivity contribution in [2.75, 3.05) is 5.32 Å². The Morgan fingerprint density at radius 3 is 2.80 bits per heavy atom. The molecular weight excluding hydrogens is 258 g/mol. The van der Waals surface area contributed by atoms with Gasteiger partial charge in [0, 0.05) is 29.4 Å². The highest BCUT2D eigenvalue weighted by molar-refractivity contribution is 5.82. The van der Waals surface area contributed by atoms with Gasteiger partial charge in [0.1, 0.15) is 11.6 Å². The number of hydrogen-bond acceptors (Lipinski definition) is 2. The minimum Gasteiger partial charge on any atom is -0.381 e. The van der Waals surface area contributed by atoms with Crippen molar-refractivity contribution in [3.63, 3.8) is 0 Å². The van der Waals surface area contributed by atoms with E-state index >= 15 is 0 Å². The Morgan fingerprint density at radius 1 is 1.00 bits per heavy atom. The zero-order chi connectivity index (χ0) is 13.9. The van der Waals surface area contributed by atoms with Gasteiger partial charge in [0.05, 0.1) is 5.52 Å². The van der Waals surface area contributed by atoms with E-state index in [9.17, 15) is 8.78 Å². The van der Waals surface area contributed by atoms with Crippen molar-refractivity contribution in [1.82, 2.24) is 4.98 Å². The number of halogens is 2. The van der Waals surface area contributed by atoms with Gasteiger partial charge in [0.15, 0.2) is 0 Å². The van der Waals surface area contributed by atoms with Crippen molar-refractivity contribution >= 4 is 16.6 Å². The van der Waals surface area contributed by atoms with E-state index in [-0.39, 0.29) is 6.54 Å². The van der Waals surface area contributed by atoms with Gasteiger partial charge in [-0.15, -0.1) is 0 Å². The third-order valence-electron chi connectivity index (χ3n) is 3.09. The summed E-state index contributed by atoms with van der Waals surface area (Å²) >= 11 is 0. The first-order valence-corrected chi connectivity index (χ1v) is 6.25. The number of rotatable bonds is 3. The van der Waals surface area contributed by atoms with Crippen LogP contribution in [0.3, 0.4) is 0 Å². The second-order valence-corrected chi connectivity index (χ2v) is 4.50. The minimum absolute atomic E-state index is 0.232. The van der Waals surface area contributed by atoms with Gasteiger partial charge in [-0.1, -0.05) is 6.07 Å². The van der Waals surface area contributed by atoms with Crippen molar-refractivity contribution < 1.29 is 8.78 Å². The van der Waals surface area contributed by atoms with Gasteiger partial charge in [0.2, 0.25) is 0 Å². The van der Waals surface area contributed by atoms with Gasteiger partial charge in [-0.05, 0) is 42.5 Å². The van der Waals surface area contributed by atoms with Crippen molar-refractivity contribution in [2.24, 2.45) is 0 Å². The molecule has 2 nitrogen and oxygen atoms in total. The Hall–Kier alpha value is -2.49. The van der Waals surface area contributed by atoms with Crippen LogP contribution in [0, 0.1) is 11.6 Å². The molecule has 0 bridgehead atoms. The van der Waals surface area contributed by atoms with Crippen LogP contribution in [-0.4, -0.2) is 4.98 Å².